The van der Waals surface area contributed by atoms with Crippen LogP contribution in [0.15, 0.2) is 72.0 Å². The normalized spacial score (nSPS) is 11.2. The average molecular weight is 448 g/mol. The number of anilines is 1. The molecule has 3 aromatic heterocycles. The highest BCUT2D eigenvalue weighted by atomic mass is 32.2. The van der Waals surface area contributed by atoms with Gasteiger partial charge in [-0.3, -0.25) is 0 Å². The topological polar surface area (TPSA) is 66.5 Å². The van der Waals surface area contributed by atoms with E-state index in [0.29, 0.717) is 6.54 Å². The average Bonchev–Trinajstić information content (AvgIpc) is 3.42. The van der Waals surface area contributed by atoms with Crippen LogP contribution < -0.4 is 5.32 Å². The van der Waals surface area contributed by atoms with Crippen LogP contribution in [-0.2, 0) is 6.54 Å². The minimum atomic E-state index is -0.264. The second-order valence-electron chi connectivity index (χ2n) is 6.84. The summed E-state index contributed by atoms with van der Waals surface area (Å²) in [6, 6.07) is 18.4. The molecule has 154 valence electrons. The van der Waals surface area contributed by atoms with E-state index in [-0.39, 0.29) is 5.82 Å². The Hall–Kier alpha value is -3.23. The van der Waals surface area contributed by atoms with Crippen molar-refractivity contribution in [2.45, 2.75) is 11.7 Å². The van der Waals surface area contributed by atoms with Gasteiger partial charge in [0.15, 0.2) is 5.16 Å². The molecule has 5 aromatic rings. The van der Waals surface area contributed by atoms with Crippen molar-refractivity contribution in [2.75, 3.05) is 11.6 Å². The molecule has 0 aliphatic carbocycles. The van der Waals surface area contributed by atoms with E-state index in [2.05, 4.69) is 26.3 Å². The lowest BCUT2D eigenvalue weighted by molar-refractivity contribution is 0.628. The van der Waals surface area contributed by atoms with E-state index in [1.807, 2.05) is 36.6 Å². The van der Waals surface area contributed by atoms with Gasteiger partial charge in [0.2, 0.25) is 0 Å². The molecule has 0 saturated heterocycles. The van der Waals surface area contributed by atoms with Gasteiger partial charge in [-0.2, -0.15) is 0 Å². The standard InChI is InChI=1S/C23H18FN5S2/c1-30-23-28-21(14-6-8-16(24)9-7-14)22(29-23)15-10-11-25-19(12-15)26-13-20-27-17-4-2-3-5-18(17)31-20/h2-12H,13H2,1H3,(H,25,26)(H,28,29). The van der Waals surface area contributed by atoms with Gasteiger partial charge in [-0.15, -0.1) is 11.3 Å². The van der Waals surface area contributed by atoms with E-state index >= 15 is 0 Å². The van der Waals surface area contributed by atoms with Gasteiger partial charge < -0.3 is 10.3 Å². The number of aromatic amines is 1. The van der Waals surface area contributed by atoms with Crippen LogP contribution in [0.3, 0.4) is 0 Å². The fourth-order valence-corrected chi connectivity index (χ4v) is 4.61. The summed E-state index contributed by atoms with van der Waals surface area (Å²) >= 11 is 3.20. The molecule has 5 nitrogen and oxygen atoms in total. The number of halogens is 1. The highest BCUT2D eigenvalue weighted by molar-refractivity contribution is 7.98. The fourth-order valence-electron chi connectivity index (χ4n) is 3.32. The summed E-state index contributed by atoms with van der Waals surface area (Å²) in [7, 11) is 0. The molecule has 8 heteroatoms. The molecule has 0 unspecified atom stereocenters. The number of hydrogen-bond acceptors (Lipinski definition) is 6. The number of para-hydroxylation sites is 1. The van der Waals surface area contributed by atoms with Gasteiger partial charge in [0, 0.05) is 17.3 Å². The fraction of sp³-hybridized carbons (Fsp3) is 0.0870. The molecule has 0 bridgehead atoms. The number of nitrogens with zero attached hydrogens (tertiary/aromatic N) is 3. The van der Waals surface area contributed by atoms with Crippen molar-refractivity contribution in [3.63, 3.8) is 0 Å². The van der Waals surface area contributed by atoms with Crippen LogP contribution in [0.5, 0.6) is 0 Å². The first-order chi connectivity index (χ1) is 15.2. The second-order valence-corrected chi connectivity index (χ2v) is 8.75. The number of benzene rings is 2. The number of thiazole rings is 1. The molecule has 2 N–H and O–H groups in total. The Kier molecular flexibility index (Phi) is 5.40. The number of thioether (sulfide) groups is 1. The van der Waals surface area contributed by atoms with Crippen molar-refractivity contribution in [1.82, 2.24) is 19.9 Å². The van der Waals surface area contributed by atoms with Crippen LogP contribution in [0.1, 0.15) is 5.01 Å². The van der Waals surface area contributed by atoms with Gasteiger partial charge in [-0.05, 0) is 54.8 Å². The maximum absolute atomic E-state index is 13.4. The van der Waals surface area contributed by atoms with Crippen LogP contribution >= 0.6 is 23.1 Å². The predicted molar refractivity (Wildman–Crippen MR) is 126 cm³/mol. The quantitative estimate of drug-likeness (QED) is 0.302. The minimum absolute atomic E-state index is 0.264. The van der Waals surface area contributed by atoms with E-state index < -0.39 is 0 Å². The molecule has 0 atom stereocenters. The van der Waals surface area contributed by atoms with Crippen molar-refractivity contribution < 1.29 is 4.39 Å². The molecule has 0 aliphatic rings. The molecular weight excluding hydrogens is 429 g/mol. The number of imidazole rings is 1. The molecule has 31 heavy (non-hydrogen) atoms. The Morgan fingerprint density at radius 1 is 1.03 bits per heavy atom. The number of rotatable bonds is 6. The van der Waals surface area contributed by atoms with Crippen LogP contribution in [0, 0.1) is 5.82 Å². The van der Waals surface area contributed by atoms with Crippen molar-refractivity contribution in [3.8, 4) is 22.5 Å². The lowest BCUT2D eigenvalue weighted by Gasteiger charge is -2.07. The largest absolute Gasteiger partial charge is 0.364 e. The Balaban J connectivity index is 1.43. The van der Waals surface area contributed by atoms with Gasteiger partial charge in [0.1, 0.15) is 16.6 Å². The summed E-state index contributed by atoms with van der Waals surface area (Å²) in [4.78, 5) is 17.2. The third-order valence-corrected chi connectivity index (χ3v) is 6.42. The number of fused-ring (bicyclic) bond motifs is 1. The molecule has 2 aromatic carbocycles. The van der Waals surface area contributed by atoms with Crippen LogP contribution in [0.2, 0.25) is 0 Å². The molecule has 0 radical (unpaired) electrons. The zero-order chi connectivity index (χ0) is 21.2. The highest BCUT2D eigenvalue weighted by Crippen LogP contribution is 2.33. The Morgan fingerprint density at radius 3 is 2.68 bits per heavy atom. The Labute approximate surface area is 186 Å². The summed E-state index contributed by atoms with van der Waals surface area (Å²) in [5, 5.41) is 5.17. The van der Waals surface area contributed by atoms with E-state index in [0.717, 1.165) is 44.0 Å². The third-order valence-electron chi connectivity index (χ3n) is 4.80. The molecule has 0 saturated carbocycles. The molecule has 0 aliphatic heterocycles. The SMILES string of the molecule is CSc1nc(-c2ccnc(NCc3nc4ccccc4s3)c2)c(-c2ccc(F)cc2)[nH]1. The summed E-state index contributed by atoms with van der Waals surface area (Å²) in [6.07, 6.45) is 3.73. The van der Waals surface area contributed by atoms with Gasteiger partial charge in [-0.1, -0.05) is 23.9 Å². The second kappa shape index (κ2) is 8.49. The third kappa shape index (κ3) is 4.17. The van der Waals surface area contributed by atoms with E-state index in [4.69, 9.17) is 4.98 Å². The van der Waals surface area contributed by atoms with E-state index in [1.165, 1.54) is 28.6 Å². The Morgan fingerprint density at radius 2 is 1.87 bits per heavy atom. The highest BCUT2D eigenvalue weighted by Gasteiger charge is 2.15. The first kappa shape index (κ1) is 19.7. The summed E-state index contributed by atoms with van der Waals surface area (Å²) in [5.74, 6) is 0.482. The Bertz CT molecular complexity index is 1310. The number of H-pyrrole nitrogens is 1. The molecule has 0 spiro atoms. The van der Waals surface area contributed by atoms with Crippen molar-refractivity contribution in [2.24, 2.45) is 0 Å². The first-order valence-corrected chi connectivity index (χ1v) is 11.7. The molecule has 0 fully saturated rings. The van der Waals surface area contributed by atoms with Gasteiger partial charge in [0.25, 0.3) is 0 Å². The zero-order valence-corrected chi connectivity index (χ0v) is 18.2. The summed E-state index contributed by atoms with van der Waals surface area (Å²) in [5.41, 5.74) is 4.48. The monoisotopic (exact) mass is 447 g/mol. The molecular formula is C23H18FN5S2. The maximum atomic E-state index is 13.4. The predicted octanol–water partition coefficient (Wildman–Crippen LogP) is 6.22. The van der Waals surface area contributed by atoms with Crippen molar-refractivity contribution >= 4 is 39.1 Å². The van der Waals surface area contributed by atoms with E-state index in [9.17, 15) is 4.39 Å². The lowest BCUT2D eigenvalue weighted by Crippen LogP contribution is -2.01. The number of nitrogens with one attached hydrogen (secondary N) is 2. The summed E-state index contributed by atoms with van der Waals surface area (Å²) in [6.45, 7) is 0.594. The first-order valence-electron chi connectivity index (χ1n) is 9.64. The minimum Gasteiger partial charge on any atom is -0.364 e. The molecule has 0 amide bonds. The van der Waals surface area contributed by atoms with Gasteiger partial charge >= 0.3 is 0 Å². The van der Waals surface area contributed by atoms with Crippen LogP contribution in [0.25, 0.3) is 32.7 Å². The smallest absolute Gasteiger partial charge is 0.166 e. The van der Waals surface area contributed by atoms with Gasteiger partial charge in [-0.25, -0.2) is 19.3 Å². The van der Waals surface area contributed by atoms with E-state index in [1.54, 1.807) is 29.7 Å². The van der Waals surface area contributed by atoms with Crippen LogP contribution in [-0.4, -0.2) is 26.2 Å². The van der Waals surface area contributed by atoms with Gasteiger partial charge in [0.05, 0.1) is 28.1 Å². The van der Waals surface area contributed by atoms with Crippen molar-refractivity contribution in [3.05, 3.63) is 77.7 Å². The molecule has 3 heterocycles. The van der Waals surface area contributed by atoms with Crippen molar-refractivity contribution in [1.29, 1.82) is 0 Å². The number of aromatic nitrogens is 4. The molecule has 5 rings (SSSR count). The number of pyridine rings is 1. The lowest BCUT2D eigenvalue weighted by atomic mass is 10.1. The number of hydrogen-bond donors (Lipinski definition) is 2. The summed E-state index contributed by atoms with van der Waals surface area (Å²) < 4.78 is 14.6. The van der Waals surface area contributed by atoms with Crippen LogP contribution in [0.4, 0.5) is 10.2 Å². The maximum Gasteiger partial charge on any atom is 0.166 e. The zero-order valence-electron chi connectivity index (χ0n) is 16.6.